The number of methoxy groups -OCH3 is 1. The molecule has 2 aromatic rings. The Morgan fingerprint density at radius 3 is 2.41 bits per heavy atom. The van der Waals surface area contributed by atoms with Gasteiger partial charge in [-0.05, 0) is 49.6 Å². The van der Waals surface area contributed by atoms with Gasteiger partial charge in [-0.25, -0.2) is 0 Å². The van der Waals surface area contributed by atoms with E-state index in [9.17, 15) is 14.7 Å². The maximum Gasteiger partial charge on any atom is 0.295 e. The van der Waals surface area contributed by atoms with E-state index >= 15 is 0 Å². The van der Waals surface area contributed by atoms with Gasteiger partial charge in [0.1, 0.15) is 11.5 Å². The second kappa shape index (κ2) is 10.4. The fourth-order valence-corrected chi connectivity index (χ4v) is 4.68. The maximum atomic E-state index is 13.2. The molecule has 0 saturated carbocycles. The first-order valence-corrected chi connectivity index (χ1v) is 11.7. The minimum absolute atomic E-state index is 0.129. The lowest BCUT2D eigenvalue weighted by molar-refractivity contribution is -0.140. The predicted molar refractivity (Wildman–Crippen MR) is 130 cm³/mol. The molecule has 0 radical (unpaired) electrons. The number of nitrogens with zero attached hydrogens (tertiary/aromatic N) is 2. The zero-order valence-corrected chi connectivity index (χ0v) is 20.0. The summed E-state index contributed by atoms with van der Waals surface area (Å²) in [7, 11) is 1.59. The average Bonchev–Trinajstić information content (AvgIpc) is 3.09. The fraction of sp³-hybridized carbons (Fsp3) is 0.407. The lowest BCUT2D eigenvalue weighted by Crippen LogP contribution is -2.38. The molecule has 0 aromatic heterocycles. The largest absolute Gasteiger partial charge is 0.507 e. The SMILES string of the molecule is COc1ccc(/C(O)=C2\C(=O)C(=O)N(CCCN3CCOCC3)C2c2ccc(C)cc2)cc1C. The van der Waals surface area contributed by atoms with Crippen molar-refractivity contribution in [2.45, 2.75) is 26.3 Å². The molecule has 0 bridgehead atoms. The molecule has 2 fully saturated rings. The molecular formula is C27H32N2O5. The van der Waals surface area contributed by atoms with Crippen molar-refractivity contribution >= 4 is 17.4 Å². The quantitative estimate of drug-likeness (QED) is 0.384. The van der Waals surface area contributed by atoms with Crippen LogP contribution < -0.4 is 4.74 Å². The first-order chi connectivity index (χ1) is 16.4. The highest BCUT2D eigenvalue weighted by atomic mass is 16.5. The number of carbonyl (C=O) groups excluding carboxylic acids is 2. The van der Waals surface area contributed by atoms with E-state index < -0.39 is 17.7 Å². The van der Waals surface area contributed by atoms with E-state index in [1.165, 1.54) is 0 Å². The highest BCUT2D eigenvalue weighted by Gasteiger charge is 2.45. The number of aliphatic hydroxyl groups excluding tert-OH is 1. The molecule has 7 heteroatoms. The second-order valence-electron chi connectivity index (χ2n) is 8.90. The summed E-state index contributed by atoms with van der Waals surface area (Å²) in [6.45, 7) is 8.29. The number of benzene rings is 2. The Balaban J connectivity index is 1.68. The molecule has 180 valence electrons. The summed E-state index contributed by atoms with van der Waals surface area (Å²) >= 11 is 0. The number of aryl methyl sites for hydroxylation is 2. The number of morpholine rings is 1. The van der Waals surface area contributed by atoms with Crippen LogP contribution in [0.1, 0.15) is 34.7 Å². The van der Waals surface area contributed by atoms with Gasteiger partial charge in [-0.2, -0.15) is 0 Å². The molecule has 2 heterocycles. The summed E-state index contributed by atoms with van der Waals surface area (Å²) in [5, 5.41) is 11.2. The Hall–Kier alpha value is -3.16. The number of hydrogen-bond donors (Lipinski definition) is 1. The molecule has 34 heavy (non-hydrogen) atoms. The Morgan fingerprint density at radius 2 is 1.76 bits per heavy atom. The molecule has 1 unspecified atom stereocenters. The summed E-state index contributed by atoms with van der Waals surface area (Å²) < 4.78 is 10.7. The van der Waals surface area contributed by atoms with E-state index in [-0.39, 0.29) is 11.3 Å². The van der Waals surface area contributed by atoms with Crippen LogP contribution in [0.5, 0.6) is 5.75 Å². The summed E-state index contributed by atoms with van der Waals surface area (Å²) in [5.74, 6) is -0.692. The number of Topliss-reactive ketones (excluding diaryl/α,β-unsaturated/α-hetero) is 1. The Labute approximate surface area is 200 Å². The second-order valence-corrected chi connectivity index (χ2v) is 8.90. The van der Waals surface area contributed by atoms with E-state index in [2.05, 4.69) is 4.90 Å². The van der Waals surface area contributed by atoms with Crippen LogP contribution in [0.3, 0.4) is 0 Å². The summed E-state index contributed by atoms with van der Waals surface area (Å²) in [5.41, 5.74) is 3.34. The molecule has 2 aliphatic heterocycles. The van der Waals surface area contributed by atoms with Crippen molar-refractivity contribution in [3.8, 4) is 5.75 Å². The summed E-state index contributed by atoms with van der Waals surface area (Å²) in [6.07, 6.45) is 0.733. The lowest BCUT2D eigenvalue weighted by atomic mass is 9.94. The number of carbonyl (C=O) groups is 2. The Kier molecular flexibility index (Phi) is 7.34. The molecule has 2 aromatic carbocycles. The van der Waals surface area contributed by atoms with Crippen molar-refractivity contribution in [2.24, 2.45) is 0 Å². The standard InChI is InChI=1S/C27H32N2O5/c1-18-5-7-20(8-6-18)24-23(25(30)21-9-10-22(33-3)19(2)17-21)26(31)27(32)29(24)12-4-11-28-13-15-34-16-14-28/h5-10,17,24,30H,4,11-16H2,1-3H3/b25-23+. The van der Waals surface area contributed by atoms with E-state index in [0.29, 0.717) is 17.9 Å². The predicted octanol–water partition coefficient (Wildman–Crippen LogP) is 3.46. The van der Waals surface area contributed by atoms with Crippen molar-refractivity contribution in [1.82, 2.24) is 9.80 Å². The topological polar surface area (TPSA) is 79.3 Å². The van der Waals surface area contributed by atoms with Crippen LogP contribution in [0, 0.1) is 13.8 Å². The number of hydrogen-bond acceptors (Lipinski definition) is 6. The lowest BCUT2D eigenvalue weighted by Gasteiger charge is -2.29. The smallest absolute Gasteiger partial charge is 0.295 e. The number of aliphatic hydroxyl groups is 1. The van der Waals surface area contributed by atoms with E-state index in [0.717, 1.165) is 56.0 Å². The number of ketones is 1. The number of rotatable bonds is 7. The van der Waals surface area contributed by atoms with Crippen LogP contribution in [0.25, 0.3) is 5.76 Å². The maximum absolute atomic E-state index is 13.2. The van der Waals surface area contributed by atoms with Gasteiger partial charge in [0.15, 0.2) is 0 Å². The van der Waals surface area contributed by atoms with E-state index in [4.69, 9.17) is 9.47 Å². The molecule has 1 atom stereocenters. The third-order valence-corrected chi connectivity index (χ3v) is 6.58. The zero-order valence-electron chi connectivity index (χ0n) is 20.0. The molecule has 0 spiro atoms. The number of likely N-dealkylation sites (tertiary alicyclic amines) is 1. The van der Waals surface area contributed by atoms with Gasteiger partial charge in [-0.15, -0.1) is 0 Å². The first-order valence-electron chi connectivity index (χ1n) is 11.7. The van der Waals surface area contributed by atoms with Crippen molar-refractivity contribution < 1.29 is 24.2 Å². The van der Waals surface area contributed by atoms with Crippen LogP contribution in [0.15, 0.2) is 48.0 Å². The van der Waals surface area contributed by atoms with Crippen LogP contribution in [0.4, 0.5) is 0 Å². The van der Waals surface area contributed by atoms with Crippen molar-refractivity contribution in [3.05, 3.63) is 70.3 Å². The van der Waals surface area contributed by atoms with Gasteiger partial charge in [0.25, 0.3) is 11.7 Å². The van der Waals surface area contributed by atoms with E-state index in [1.54, 1.807) is 30.2 Å². The van der Waals surface area contributed by atoms with Gasteiger partial charge in [-0.3, -0.25) is 14.5 Å². The normalized spacial score (nSPS) is 20.7. The molecule has 2 aliphatic rings. The Bertz CT molecular complexity index is 1090. The van der Waals surface area contributed by atoms with Gasteiger partial charge < -0.3 is 19.5 Å². The highest BCUT2D eigenvalue weighted by Crippen LogP contribution is 2.40. The molecule has 4 rings (SSSR count). The number of ether oxygens (including phenoxy) is 2. The Morgan fingerprint density at radius 1 is 1.06 bits per heavy atom. The fourth-order valence-electron chi connectivity index (χ4n) is 4.68. The third kappa shape index (κ3) is 4.86. The summed E-state index contributed by atoms with van der Waals surface area (Å²) in [4.78, 5) is 30.2. The van der Waals surface area contributed by atoms with Crippen LogP contribution in [-0.4, -0.2) is 73.1 Å². The van der Waals surface area contributed by atoms with Gasteiger partial charge >= 0.3 is 0 Å². The highest BCUT2D eigenvalue weighted by molar-refractivity contribution is 6.46. The molecular weight excluding hydrogens is 432 g/mol. The molecule has 1 N–H and O–H groups in total. The van der Waals surface area contributed by atoms with Crippen LogP contribution in [0.2, 0.25) is 0 Å². The van der Waals surface area contributed by atoms with Crippen molar-refractivity contribution in [1.29, 1.82) is 0 Å². The van der Waals surface area contributed by atoms with Crippen LogP contribution >= 0.6 is 0 Å². The van der Waals surface area contributed by atoms with Crippen molar-refractivity contribution in [2.75, 3.05) is 46.5 Å². The van der Waals surface area contributed by atoms with E-state index in [1.807, 2.05) is 38.1 Å². The van der Waals surface area contributed by atoms with Gasteiger partial charge in [0.05, 0.1) is 31.9 Å². The minimum atomic E-state index is -0.650. The van der Waals surface area contributed by atoms with Gasteiger partial charge in [-0.1, -0.05) is 29.8 Å². The van der Waals surface area contributed by atoms with Crippen LogP contribution in [-0.2, 0) is 14.3 Å². The third-order valence-electron chi connectivity index (χ3n) is 6.58. The number of amides is 1. The zero-order chi connectivity index (χ0) is 24.2. The average molecular weight is 465 g/mol. The monoisotopic (exact) mass is 464 g/mol. The van der Waals surface area contributed by atoms with Crippen molar-refractivity contribution in [3.63, 3.8) is 0 Å². The minimum Gasteiger partial charge on any atom is -0.507 e. The molecule has 7 nitrogen and oxygen atoms in total. The molecule has 0 aliphatic carbocycles. The molecule has 2 saturated heterocycles. The van der Waals surface area contributed by atoms with Gasteiger partial charge in [0.2, 0.25) is 0 Å². The summed E-state index contributed by atoms with van der Waals surface area (Å²) in [6, 6.07) is 12.4. The molecule has 1 amide bonds. The van der Waals surface area contributed by atoms with Gasteiger partial charge in [0, 0.05) is 31.7 Å². The first kappa shape index (κ1) is 24.0.